The second kappa shape index (κ2) is 6.43. The summed E-state index contributed by atoms with van der Waals surface area (Å²) >= 11 is 0. The van der Waals surface area contributed by atoms with Crippen molar-refractivity contribution in [2.75, 3.05) is 7.11 Å². The van der Waals surface area contributed by atoms with Crippen molar-refractivity contribution in [1.29, 1.82) is 0 Å². The number of rotatable bonds is 5. The van der Waals surface area contributed by atoms with E-state index in [9.17, 15) is 4.79 Å². The van der Waals surface area contributed by atoms with Crippen molar-refractivity contribution in [2.24, 2.45) is 0 Å². The van der Waals surface area contributed by atoms with E-state index < -0.39 is 0 Å². The van der Waals surface area contributed by atoms with Crippen molar-refractivity contribution in [2.45, 2.75) is 19.8 Å². The van der Waals surface area contributed by atoms with Crippen molar-refractivity contribution in [3.63, 3.8) is 0 Å². The smallest absolute Gasteiger partial charge is 0.274 e. The Morgan fingerprint density at radius 1 is 1.15 bits per heavy atom. The summed E-state index contributed by atoms with van der Waals surface area (Å²) in [7, 11) is 1.63. The molecule has 3 aromatic heterocycles. The third-order valence-corrected chi connectivity index (χ3v) is 3.86. The van der Waals surface area contributed by atoms with E-state index in [0.29, 0.717) is 35.4 Å². The lowest BCUT2D eigenvalue weighted by Gasteiger charge is -2.00. The fourth-order valence-electron chi connectivity index (χ4n) is 2.62. The van der Waals surface area contributed by atoms with Crippen LogP contribution >= 0.6 is 0 Å². The van der Waals surface area contributed by atoms with Gasteiger partial charge < -0.3 is 9.26 Å². The molecule has 0 spiro atoms. The molecule has 0 radical (unpaired) electrons. The van der Waals surface area contributed by atoms with Crippen molar-refractivity contribution in [3.8, 4) is 5.75 Å². The number of aromatic amines is 1. The average molecular weight is 352 g/mol. The third kappa shape index (κ3) is 3.18. The highest BCUT2D eigenvalue weighted by Gasteiger charge is 2.12. The topological polar surface area (TPSA) is 111 Å². The molecule has 0 saturated heterocycles. The predicted molar refractivity (Wildman–Crippen MR) is 91.2 cm³/mol. The Morgan fingerprint density at radius 2 is 1.96 bits per heavy atom. The number of fused-ring (bicyclic) bond motifs is 1. The maximum Gasteiger partial charge on any atom is 0.274 e. The number of nitrogens with one attached hydrogen (secondary N) is 1. The number of hydrogen-bond donors (Lipinski definition) is 1. The molecular formula is C17H16N6O3. The summed E-state index contributed by atoms with van der Waals surface area (Å²) in [6, 6.07) is 9.12. The highest BCUT2D eigenvalue weighted by molar-refractivity contribution is 5.29. The summed E-state index contributed by atoms with van der Waals surface area (Å²) in [6.45, 7) is 1.75. The molecule has 1 N–H and O–H groups in total. The molecule has 0 aliphatic heterocycles. The van der Waals surface area contributed by atoms with E-state index in [1.807, 2.05) is 24.3 Å². The molecule has 4 rings (SSSR count). The first-order chi connectivity index (χ1) is 12.6. The Bertz CT molecular complexity index is 1110. The Balaban J connectivity index is 1.51. The van der Waals surface area contributed by atoms with E-state index in [-0.39, 0.29) is 12.0 Å². The number of ether oxygens (including phenoxy) is 1. The van der Waals surface area contributed by atoms with Crippen LogP contribution in [0.25, 0.3) is 5.78 Å². The van der Waals surface area contributed by atoms with Crippen molar-refractivity contribution >= 4 is 5.78 Å². The van der Waals surface area contributed by atoms with Gasteiger partial charge >= 0.3 is 0 Å². The van der Waals surface area contributed by atoms with Gasteiger partial charge in [0.2, 0.25) is 5.89 Å². The van der Waals surface area contributed by atoms with Crippen LogP contribution in [-0.2, 0) is 12.8 Å². The Hall–Kier alpha value is -3.49. The van der Waals surface area contributed by atoms with Crippen LogP contribution in [0.2, 0.25) is 0 Å². The molecule has 0 unspecified atom stereocenters. The summed E-state index contributed by atoms with van der Waals surface area (Å²) < 4.78 is 11.7. The predicted octanol–water partition coefficient (Wildman–Crippen LogP) is 1.30. The van der Waals surface area contributed by atoms with Gasteiger partial charge in [0.15, 0.2) is 5.82 Å². The number of methoxy groups -OCH3 is 1. The minimum absolute atomic E-state index is 0.211. The van der Waals surface area contributed by atoms with E-state index in [0.717, 1.165) is 11.3 Å². The van der Waals surface area contributed by atoms with Gasteiger partial charge in [-0.05, 0) is 24.6 Å². The molecule has 26 heavy (non-hydrogen) atoms. The van der Waals surface area contributed by atoms with E-state index >= 15 is 0 Å². The van der Waals surface area contributed by atoms with E-state index in [2.05, 4.69) is 25.2 Å². The van der Waals surface area contributed by atoms with Crippen LogP contribution in [0.1, 0.15) is 28.8 Å². The number of hydrogen-bond acceptors (Lipinski definition) is 7. The minimum Gasteiger partial charge on any atom is -0.497 e. The molecule has 0 amide bonds. The molecule has 0 saturated carbocycles. The van der Waals surface area contributed by atoms with Crippen LogP contribution in [0.4, 0.5) is 0 Å². The van der Waals surface area contributed by atoms with Crippen molar-refractivity contribution in [1.82, 2.24) is 29.7 Å². The first kappa shape index (κ1) is 16.0. The summed E-state index contributed by atoms with van der Waals surface area (Å²) in [5.74, 6) is 2.64. The lowest BCUT2D eigenvalue weighted by molar-refractivity contribution is 0.378. The Labute approximate surface area is 147 Å². The highest BCUT2D eigenvalue weighted by atomic mass is 16.5. The van der Waals surface area contributed by atoms with Gasteiger partial charge in [0.05, 0.1) is 13.5 Å². The standard InChI is InChI=1S/C17H16N6O3/c1-10-7-16(24)23-17(18-10)20-13(21-23)9-15-19-14(22-26-15)8-11-3-5-12(25-2)6-4-11/h3-7H,8-9H2,1-2H3,(H,18,20,21). The lowest BCUT2D eigenvalue weighted by Crippen LogP contribution is -2.14. The van der Waals surface area contributed by atoms with E-state index in [4.69, 9.17) is 9.26 Å². The molecule has 9 nitrogen and oxygen atoms in total. The Kier molecular flexibility index (Phi) is 3.96. The van der Waals surface area contributed by atoms with Gasteiger partial charge in [-0.15, -0.1) is 0 Å². The van der Waals surface area contributed by atoms with Gasteiger partial charge in [0.1, 0.15) is 11.6 Å². The van der Waals surface area contributed by atoms with Gasteiger partial charge in [-0.25, -0.2) is 4.98 Å². The van der Waals surface area contributed by atoms with Gasteiger partial charge in [-0.2, -0.15) is 14.5 Å². The fraction of sp³-hybridized carbons (Fsp3) is 0.235. The van der Waals surface area contributed by atoms with Crippen LogP contribution in [0, 0.1) is 6.92 Å². The summed E-state index contributed by atoms with van der Waals surface area (Å²) in [5.41, 5.74) is 1.46. The van der Waals surface area contributed by atoms with Crippen LogP contribution < -0.4 is 10.3 Å². The van der Waals surface area contributed by atoms with Crippen LogP contribution in [-0.4, -0.2) is 36.8 Å². The van der Waals surface area contributed by atoms with Crippen molar-refractivity contribution in [3.05, 3.63) is 69.5 Å². The fourth-order valence-corrected chi connectivity index (χ4v) is 2.62. The number of aromatic nitrogens is 6. The van der Waals surface area contributed by atoms with Crippen LogP contribution in [0.15, 0.2) is 39.6 Å². The second-order valence-electron chi connectivity index (χ2n) is 5.85. The SMILES string of the molecule is COc1ccc(Cc2noc(Cc3nc4nc(C)cc(=O)n4[nH]3)n2)cc1. The number of H-pyrrole nitrogens is 1. The molecule has 0 fully saturated rings. The zero-order valence-electron chi connectivity index (χ0n) is 14.3. The molecule has 3 heterocycles. The summed E-state index contributed by atoms with van der Waals surface area (Å²) in [5, 5.41) is 6.89. The minimum atomic E-state index is -0.211. The molecule has 0 aliphatic rings. The maximum atomic E-state index is 11.9. The largest absolute Gasteiger partial charge is 0.497 e. The molecule has 132 valence electrons. The molecular weight excluding hydrogens is 336 g/mol. The molecule has 0 bridgehead atoms. The van der Waals surface area contributed by atoms with Gasteiger partial charge in [0, 0.05) is 18.2 Å². The van der Waals surface area contributed by atoms with Gasteiger partial charge in [-0.1, -0.05) is 17.3 Å². The summed E-state index contributed by atoms with van der Waals surface area (Å²) in [6.07, 6.45) is 0.839. The van der Waals surface area contributed by atoms with E-state index in [1.165, 1.54) is 10.6 Å². The zero-order chi connectivity index (χ0) is 18.1. The third-order valence-electron chi connectivity index (χ3n) is 3.86. The van der Waals surface area contributed by atoms with Crippen LogP contribution in [0.5, 0.6) is 5.75 Å². The number of aryl methyl sites for hydroxylation is 1. The van der Waals surface area contributed by atoms with E-state index in [1.54, 1.807) is 14.0 Å². The van der Waals surface area contributed by atoms with Gasteiger partial charge in [0.25, 0.3) is 11.3 Å². The zero-order valence-corrected chi connectivity index (χ0v) is 14.3. The molecule has 9 heteroatoms. The number of nitrogens with zero attached hydrogens (tertiary/aromatic N) is 5. The van der Waals surface area contributed by atoms with Crippen LogP contribution in [0.3, 0.4) is 0 Å². The first-order valence-corrected chi connectivity index (χ1v) is 8.00. The maximum absolute atomic E-state index is 11.9. The Morgan fingerprint density at radius 3 is 2.73 bits per heavy atom. The molecule has 1 aromatic carbocycles. The van der Waals surface area contributed by atoms with Gasteiger partial charge in [-0.3, -0.25) is 9.89 Å². The second-order valence-corrected chi connectivity index (χ2v) is 5.85. The quantitative estimate of drug-likeness (QED) is 0.576. The van der Waals surface area contributed by atoms with Crippen molar-refractivity contribution < 1.29 is 9.26 Å². The lowest BCUT2D eigenvalue weighted by atomic mass is 10.1. The summed E-state index contributed by atoms with van der Waals surface area (Å²) in [4.78, 5) is 24.8. The monoisotopic (exact) mass is 352 g/mol. The molecule has 0 atom stereocenters. The molecule has 0 aliphatic carbocycles. The average Bonchev–Trinajstić information content (AvgIpc) is 3.22. The number of benzene rings is 1. The normalized spacial score (nSPS) is 11.2. The highest BCUT2D eigenvalue weighted by Crippen LogP contribution is 2.14. The molecule has 4 aromatic rings. The first-order valence-electron chi connectivity index (χ1n) is 8.00.